The molecule has 11 heteroatoms. The number of aromatic amines is 1. The molecule has 0 unspecified atom stereocenters. The van der Waals surface area contributed by atoms with Crippen LogP contribution in [0.15, 0.2) is 29.1 Å². The number of carbonyl (C=O) groups excluding carboxylic acids is 1. The van der Waals surface area contributed by atoms with E-state index in [4.69, 9.17) is 28.4 Å². The second-order valence-corrected chi connectivity index (χ2v) is 6.58. The minimum Gasteiger partial charge on any atom is -0.497 e. The molecule has 0 radical (unpaired) electrons. The molecule has 2 N–H and O–H groups in total. The molecular formula is C22H25N3O8. The zero-order valence-electron chi connectivity index (χ0n) is 18.9. The number of methoxy groups -OCH3 is 4. The van der Waals surface area contributed by atoms with E-state index in [9.17, 15) is 9.59 Å². The van der Waals surface area contributed by atoms with Crippen LogP contribution in [0, 0.1) is 0 Å². The Morgan fingerprint density at radius 1 is 0.939 bits per heavy atom. The van der Waals surface area contributed by atoms with E-state index in [-0.39, 0.29) is 24.6 Å². The first kappa shape index (κ1) is 23.5. The van der Waals surface area contributed by atoms with Gasteiger partial charge in [0.05, 0.1) is 34.0 Å². The lowest BCUT2D eigenvalue weighted by Crippen LogP contribution is -2.22. The van der Waals surface area contributed by atoms with Crippen molar-refractivity contribution in [2.75, 3.05) is 48.7 Å². The van der Waals surface area contributed by atoms with Gasteiger partial charge in [0.2, 0.25) is 5.75 Å². The Morgan fingerprint density at radius 2 is 1.61 bits per heavy atom. The monoisotopic (exact) mass is 459 g/mol. The summed E-state index contributed by atoms with van der Waals surface area (Å²) in [5.41, 5.74) is 0.548. The molecule has 3 aromatic rings. The number of aromatic nitrogens is 2. The van der Waals surface area contributed by atoms with Crippen molar-refractivity contribution in [3.8, 4) is 40.1 Å². The molecule has 2 aromatic carbocycles. The zero-order chi connectivity index (χ0) is 24.0. The Balaban J connectivity index is 2.02. The summed E-state index contributed by atoms with van der Waals surface area (Å²) in [7, 11) is 7.39. The molecule has 0 aliphatic heterocycles. The highest BCUT2D eigenvalue weighted by Gasteiger charge is 2.18. The maximum Gasteiger partial charge on any atom is 0.406 e. The van der Waals surface area contributed by atoms with Crippen molar-refractivity contribution in [2.24, 2.45) is 0 Å². The molecule has 176 valence electrons. The standard InChI is InChI=1S/C22H25N3O8/c1-23-22(27)33-7-6-32-19-16(30-4)8-12(9-17(19)31-5)20-24-14-10-13(28-2)11-15(29-3)18(14)21(26)25-20/h8-11H,6-7H2,1-5H3,(H,23,27)(H,24,25,26). The molecule has 33 heavy (non-hydrogen) atoms. The summed E-state index contributed by atoms with van der Waals surface area (Å²) >= 11 is 0. The van der Waals surface area contributed by atoms with E-state index in [2.05, 4.69) is 15.3 Å². The Morgan fingerprint density at radius 3 is 2.18 bits per heavy atom. The van der Waals surface area contributed by atoms with Crippen LogP contribution in [0.1, 0.15) is 0 Å². The molecule has 1 amide bonds. The summed E-state index contributed by atoms with van der Waals surface area (Å²) in [5, 5.41) is 2.65. The number of nitrogens with one attached hydrogen (secondary N) is 2. The molecule has 0 aliphatic carbocycles. The van der Waals surface area contributed by atoms with Gasteiger partial charge in [-0.25, -0.2) is 9.78 Å². The number of rotatable bonds is 9. The normalized spacial score (nSPS) is 10.5. The lowest BCUT2D eigenvalue weighted by atomic mass is 10.1. The lowest BCUT2D eigenvalue weighted by molar-refractivity contribution is 0.125. The molecule has 0 fully saturated rings. The van der Waals surface area contributed by atoms with Gasteiger partial charge in [-0.15, -0.1) is 0 Å². The van der Waals surface area contributed by atoms with Gasteiger partial charge in [0, 0.05) is 24.7 Å². The highest BCUT2D eigenvalue weighted by atomic mass is 16.6. The number of alkyl carbamates (subject to hydrolysis) is 1. The number of carbonyl (C=O) groups is 1. The van der Waals surface area contributed by atoms with Gasteiger partial charge in [0.15, 0.2) is 11.5 Å². The Kier molecular flexibility index (Phi) is 7.44. The topological polar surface area (TPSA) is 130 Å². The fourth-order valence-corrected chi connectivity index (χ4v) is 3.14. The second-order valence-electron chi connectivity index (χ2n) is 6.58. The third-order valence-electron chi connectivity index (χ3n) is 4.70. The van der Waals surface area contributed by atoms with E-state index in [1.54, 1.807) is 24.3 Å². The molecule has 3 rings (SSSR count). The van der Waals surface area contributed by atoms with Gasteiger partial charge in [-0.3, -0.25) is 4.79 Å². The van der Waals surface area contributed by atoms with Crippen molar-refractivity contribution in [3.05, 3.63) is 34.6 Å². The third-order valence-corrected chi connectivity index (χ3v) is 4.70. The van der Waals surface area contributed by atoms with Gasteiger partial charge < -0.3 is 38.7 Å². The first-order valence-electron chi connectivity index (χ1n) is 9.85. The van der Waals surface area contributed by atoms with Crippen LogP contribution in [-0.4, -0.2) is 64.8 Å². The summed E-state index contributed by atoms with van der Waals surface area (Å²) in [6.45, 7) is 0.0983. The summed E-state index contributed by atoms with van der Waals surface area (Å²) in [5.74, 6) is 2.14. The number of benzene rings is 2. The number of amides is 1. The van der Waals surface area contributed by atoms with Crippen molar-refractivity contribution >= 4 is 17.0 Å². The van der Waals surface area contributed by atoms with Gasteiger partial charge in [0.1, 0.15) is 35.9 Å². The van der Waals surface area contributed by atoms with Gasteiger partial charge in [-0.2, -0.15) is 0 Å². The van der Waals surface area contributed by atoms with Crippen molar-refractivity contribution in [1.82, 2.24) is 15.3 Å². The number of hydrogen-bond acceptors (Lipinski definition) is 9. The van der Waals surface area contributed by atoms with Crippen LogP contribution in [0.5, 0.6) is 28.7 Å². The highest BCUT2D eigenvalue weighted by Crippen LogP contribution is 2.41. The van der Waals surface area contributed by atoms with E-state index in [1.165, 1.54) is 35.5 Å². The number of fused-ring (bicyclic) bond motifs is 1. The maximum atomic E-state index is 12.8. The molecule has 0 bridgehead atoms. The molecule has 11 nitrogen and oxygen atoms in total. The van der Waals surface area contributed by atoms with Crippen LogP contribution in [0.3, 0.4) is 0 Å². The van der Waals surface area contributed by atoms with Crippen LogP contribution in [-0.2, 0) is 4.74 Å². The summed E-state index contributed by atoms with van der Waals surface area (Å²) in [6.07, 6.45) is -0.563. The van der Waals surface area contributed by atoms with Gasteiger partial charge >= 0.3 is 6.09 Å². The van der Waals surface area contributed by atoms with Crippen molar-refractivity contribution in [2.45, 2.75) is 0 Å². The van der Waals surface area contributed by atoms with E-state index >= 15 is 0 Å². The van der Waals surface area contributed by atoms with Crippen LogP contribution in [0.2, 0.25) is 0 Å². The third kappa shape index (κ3) is 5.03. The molecule has 0 atom stereocenters. The Bertz CT molecular complexity index is 1180. The minimum atomic E-state index is -0.563. The van der Waals surface area contributed by atoms with Crippen molar-refractivity contribution in [3.63, 3.8) is 0 Å². The van der Waals surface area contributed by atoms with Gasteiger partial charge in [-0.1, -0.05) is 0 Å². The number of nitrogens with zero attached hydrogens (tertiary/aromatic N) is 1. The molecule has 0 aliphatic rings. The van der Waals surface area contributed by atoms with Crippen LogP contribution < -0.4 is 34.6 Å². The highest BCUT2D eigenvalue weighted by molar-refractivity contribution is 5.87. The summed E-state index contributed by atoms with van der Waals surface area (Å²) < 4.78 is 32.1. The predicted octanol–water partition coefficient (Wildman–Crippen LogP) is 2.36. The van der Waals surface area contributed by atoms with Crippen molar-refractivity contribution in [1.29, 1.82) is 0 Å². The average molecular weight is 459 g/mol. The van der Waals surface area contributed by atoms with E-state index < -0.39 is 6.09 Å². The van der Waals surface area contributed by atoms with E-state index in [0.717, 1.165) is 0 Å². The Labute approximate surface area is 189 Å². The zero-order valence-corrected chi connectivity index (χ0v) is 18.9. The Hall–Kier alpha value is -4.15. The predicted molar refractivity (Wildman–Crippen MR) is 120 cm³/mol. The fraction of sp³-hybridized carbons (Fsp3) is 0.318. The average Bonchev–Trinajstić information content (AvgIpc) is 2.84. The fourth-order valence-electron chi connectivity index (χ4n) is 3.14. The lowest BCUT2D eigenvalue weighted by Gasteiger charge is -2.16. The van der Waals surface area contributed by atoms with Crippen LogP contribution in [0.4, 0.5) is 4.79 Å². The van der Waals surface area contributed by atoms with Crippen LogP contribution in [0.25, 0.3) is 22.3 Å². The first-order valence-corrected chi connectivity index (χ1v) is 9.85. The van der Waals surface area contributed by atoms with E-state index in [0.29, 0.717) is 45.2 Å². The number of H-pyrrole nitrogens is 1. The smallest absolute Gasteiger partial charge is 0.406 e. The van der Waals surface area contributed by atoms with Crippen LogP contribution >= 0.6 is 0 Å². The molecule has 0 saturated carbocycles. The second kappa shape index (κ2) is 10.4. The molecule has 0 saturated heterocycles. The van der Waals surface area contributed by atoms with Gasteiger partial charge in [0.25, 0.3) is 5.56 Å². The van der Waals surface area contributed by atoms with Crippen molar-refractivity contribution < 1.29 is 33.2 Å². The maximum absolute atomic E-state index is 12.8. The molecular weight excluding hydrogens is 434 g/mol. The quantitative estimate of drug-likeness (QED) is 0.463. The number of hydrogen-bond donors (Lipinski definition) is 2. The number of ether oxygens (including phenoxy) is 6. The molecule has 0 spiro atoms. The van der Waals surface area contributed by atoms with Gasteiger partial charge in [-0.05, 0) is 12.1 Å². The van der Waals surface area contributed by atoms with E-state index in [1.807, 2.05) is 0 Å². The summed E-state index contributed by atoms with van der Waals surface area (Å²) in [4.78, 5) is 31.4. The molecule has 1 aromatic heterocycles. The largest absolute Gasteiger partial charge is 0.497 e. The SMILES string of the molecule is CNC(=O)OCCOc1c(OC)cc(-c2nc3cc(OC)cc(OC)c3c(=O)[nH]2)cc1OC. The first-order chi connectivity index (χ1) is 15.9. The molecule has 1 heterocycles. The summed E-state index contributed by atoms with van der Waals surface area (Å²) in [6, 6.07) is 6.57. The minimum absolute atomic E-state index is 0.0248.